The average Bonchev–Trinajstić information content (AvgIpc) is 2.13. The largest absolute Gasteiger partial charge is 0.452 e. The van der Waals surface area contributed by atoms with Crippen LogP contribution in [0.15, 0.2) is 12.7 Å². The predicted octanol–water partition coefficient (Wildman–Crippen LogP) is 2.07. The lowest BCUT2D eigenvalue weighted by Crippen LogP contribution is -2.61. The van der Waals surface area contributed by atoms with Gasteiger partial charge in [0.2, 0.25) is 0 Å². The van der Waals surface area contributed by atoms with Crippen molar-refractivity contribution in [3.05, 3.63) is 12.7 Å². The van der Waals surface area contributed by atoms with Gasteiger partial charge in [-0.15, -0.1) is 6.58 Å². The monoisotopic (exact) mass is 250 g/mol. The van der Waals surface area contributed by atoms with Crippen LogP contribution in [0.4, 0.5) is 22.0 Å². The van der Waals surface area contributed by atoms with Crippen molar-refractivity contribution >= 4 is 0 Å². The van der Waals surface area contributed by atoms with Crippen molar-refractivity contribution in [3.63, 3.8) is 0 Å². The second kappa shape index (κ2) is 5.07. The molecule has 0 heterocycles. The molecule has 0 aromatic rings. The summed E-state index contributed by atoms with van der Waals surface area (Å²) < 4.78 is 70.0. The Morgan fingerprint density at radius 3 is 2.00 bits per heavy atom. The molecule has 0 aromatic carbocycles. The number of ether oxygens (including phenoxy) is 2. The molecule has 0 saturated heterocycles. The number of aliphatic hydroxyl groups is 1. The minimum Gasteiger partial charge on any atom is -0.352 e. The Morgan fingerprint density at radius 1 is 1.19 bits per heavy atom. The van der Waals surface area contributed by atoms with E-state index in [0.29, 0.717) is 0 Å². The second-order valence-corrected chi connectivity index (χ2v) is 2.69. The number of hydrogen-bond acceptors (Lipinski definition) is 3. The lowest BCUT2D eigenvalue weighted by Gasteiger charge is -2.35. The van der Waals surface area contributed by atoms with E-state index in [9.17, 15) is 22.0 Å². The fourth-order valence-electron chi connectivity index (χ4n) is 0.801. The summed E-state index contributed by atoms with van der Waals surface area (Å²) in [5.74, 6) is -4.67. The SMILES string of the molecule is C=CCOC(F)(F)C(O)(OCC)C(F)(F)F. The highest BCUT2D eigenvalue weighted by Crippen LogP contribution is 2.43. The zero-order valence-corrected chi connectivity index (χ0v) is 8.35. The van der Waals surface area contributed by atoms with Gasteiger partial charge >= 0.3 is 18.1 Å². The van der Waals surface area contributed by atoms with Gasteiger partial charge in [0.15, 0.2) is 0 Å². The highest BCUT2D eigenvalue weighted by Gasteiger charge is 2.72. The molecule has 96 valence electrons. The van der Waals surface area contributed by atoms with Crippen LogP contribution in [0.5, 0.6) is 0 Å². The maximum Gasteiger partial charge on any atom is 0.452 e. The van der Waals surface area contributed by atoms with Gasteiger partial charge in [0.1, 0.15) is 0 Å². The summed E-state index contributed by atoms with van der Waals surface area (Å²) in [4.78, 5) is 0. The van der Waals surface area contributed by atoms with Gasteiger partial charge < -0.3 is 14.6 Å². The Labute approximate surface area is 88.5 Å². The van der Waals surface area contributed by atoms with Crippen molar-refractivity contribution in [1.82, 2.24) is 0 Å². The Kier molecular flexibility index (Phi) is 4.84. The summed E-state index contributed by atoms with van der Waals surface area (Å²) in [6, 6.07) is 0. The fourth-order valence-corrected chi connectivity index (χ4v) is 0.801. The van der Waals surface area contributed by atoms with E-state index >= 15 is 0 Å². The van der Waals surface area contributed by atoms with Gasteiger partial charge in [0.05, 0.1) is 6.61 Å². The van der Waals surface area contributed by atoms with Crippen molar-refractivity contribution < 1.29 is 36.5 Å². The van der Waals surface area contributed by atoms with Crippen LogP contribution in [0.2, 0.25) is 0 Å². The smallest absolute Gasteiger partial charge is 0.352 e. The first-order valence-electron chi connectivity index (χ1n) is 4.18. The molecule has 0 saturated carbocycles. The first-order chi connectivity index (χ1) is 7.12. The maximum atomic E-state index is 13.0. The fraction of sp³-hybridized carbons (Fsp3) is 0.750. The highest BCUT2D eigenvalue weighted by atomic mass is 19.4. The van der Waals surface area contributed by atoms with E-state index in [-0.39, 0.29) is 0 Å². The van der Waals surface area contributed by atoms with E-state index < -0.39 is 31.3 Å². The van der Waals surface area contributed by atoms with Crippen molar-refractivity contribution in [2.45, 2.75) is 25.0 Å². The maximum absolute atomic E-state index is 13.0. The van der Waals surface area contributed by atoms with Gasteiger partial charge in [0, 0.05) is 6.61 Å². The third kappa shape index (κ3) is 2.89. The van der Waals surface area contributed by atoms with E-state index in [0.717, 1.165) is 13.0 Å². The van der Waals surface area contributed by atoms with Gasteiger partial charge in [-0.1, -0.05) is 6.08 Å². The van der Waals surface area contributed by atoms with E-state index in [2.05, 4.69) is 16.1 Å². The van der Waals surface area contributed by atoms with Crippen molar-refractivity contribution in [3.8, 4) is 0 Å². The Bertz CT molecular complexity index is 240. The molecule has 16 heavy (non-hydrogen) atoms. The van der Waals surface area contributed by atoms with Gasteiger partial charge in [-0.05, 0) is 6.92 Å². The van der Waals surface area contributed by atoms with Gasteiger partial charge in [-0.25, -0.2) is 0 Å². The lowest BCUT2D eigenvalue weighted by atomic mass is 10.2. The molecule has 8 heteroatoms. The molecule has 0 aromatic heterocycles. The molecular formula is C8H11F5O3. The second-order valence-electron chi connectivity index (χ2n) is 2.69. The van der Waals surface area contributed by atoms with Crippen LogP contribution in [0.1, 0.15) is 6.92 Å². The Balaban J connectivity index is 5.09. The molecule has 0 fully saturated rings. The minimum atomic E-state index is -5.69. The van der Waals surface area contributed by atoms with Crippen LogP contribution in [0, 0.1) is 0 Å². The Hall–Kier alpha value is -0.730. The zero-order valence-electron chi connectivity index (χ0n) is 8.35. The summed E-state index contributed by atoms with van der Waals surface area (Å²) in [6.45, 7) is 2.40. The number of hydrogen-bond donors (Lipinski definition) is 1. The molecule has 1 atom stereocenters. The van der Waals surface area contributed by atoms with Crippen molar-refractivity contribution in [1.29, 1.82) is 0 Å². The molecule has 1 N–H and O–H groups in total. The summed E-state index contributed by atoms with van der Waals surface area (Å²) in [5, 5.41) is 8.85. The first kappa shape index (κ1) is 15.3. The van der Waals surface area contributed by atoms with E-state index in [1.165, 1.54) is 0 Å². The van der Waals surface area contributed by atoms with Crippen LogP contribution in [0.3, 0.4) is 0 Å². The number of alkyl halides is 5. The summed E-state index contributed by atoms with van der Waals surface area (Å²) in [6.07, 6.45) is -9.79. The third-order valence-corrected chi connectivity index (χ3v) is 1.51. The van der Waals surface area contributed by atoms with Gasteiger partial charge in [0.25, 0.3) is 0 Å². The topological polar surface area (TPSA) is 38.7 Å². The summed E-state index contributed by atoms with van der Waals surface area (Å²) >= 11 is 0. The molecule has 0 rings (SSSR count). The standard InChI is InChI=1S/C8H11F5O3/c1-3-5-16-8(12,13)6(14,15-4-2)7(9,10)11/h3,14H,1,4-5H2,2H3. The normalized spacial score (nSPS) is 16.9. The van der Waals surface area contributed by atoms with Crippen molar-refractivity contribution in [2.75, 3.05) is 13.2 Å². The number of rotatable bonds is 6. The van der Waals surface area contributed by atoms with E-state index in [1.807, 2.05) is 0 Å². The third-order valence-electron chi connectivity index (χ3n) is 1.51. The summed E-state index contributed by atoms with van der Waals surface area (Å²) in [5.41, 5.74) is 0. The van der Waals surface area contributed by atoms with Gasteiger partial charge in [-0.3, -0.25) is 0 Å². The van der Waals surface area contributed by atoms with E-state index in [4.69, 9.17) is 5.11 Å². The minimum absolute atomic E-state index is 0.761. The quantitative estimate of drug-likeness (QED) is 0.445. The van der Waals surface area contributed by atoms with Gasteiger partial charge in [-0.2, -0.15) is 22.0 Å². The van der Waals surface area contributed by atoms with Crippen molar-refractivity contribution in [2.24, 2.45) is 0 Å². The van der Waals surface area contributed by atoms with E-state index in [1.54, 1.807) is 0 Å². The van der Waals surface area contributed by atoms with Crippen LogP contribution in [0.25, 0.3) is 0 Å². The molecule has 0 radical (unpaired) electrons. The molecule has 1 unspecified atom stereocenters. The molecule has 0 bridgehead atoms. The van der Waals surface area contributed by atoms with Crippen LogP contribution in [-0.2, 0) is 9.47 Å². The molecule has 0 aliphatic carbocycles. The zero-order chi connectivity index (χ0) is 13.0. The molecule has 0 amide bonds. The average molecular weight is 250 g/mol. The molecule has 0 aliphatic rings. The van der Waals surface area contributed by atoms with Crippen LogP contribution in [-0.4, -0.2) is 36.4 Å². The molecule has 0 aliphatic heterocycles. The summed E-state index contributed by atoms with van der Waals surface area (Å²) in [7, 11) is 0. The van der Waals surface area contributed by atoms with Crippen LogP contribution >= 0.6 is 0 Å². The highest BCUT2D eigenvalue weighted by molar-refractivity contribution is 4.86. The predicted molar refractivity (Wildman–Crippen MR) is 43.7 cm³/mol. The molecule has 3 nitrogen and oxygen atoms in total. The Morgan fingerprint density at radius 2 is 1.69 bits per heavy atom. The first-order valence-corrected chi connectivity index (χ1v) is 4.18. The number of halogens is 5. The lowest BCUT2D eigenvalue weighted by molar-refractivity contribution is -0.481. The molecular weight excluding hydrogens is 239 g/mol. The van der Waals surface area contributed by atoms with Crippen LogP contribution < -0.4 is 0 Å². The molecule has 0 spiro atoms.